The Morgan fingerprint density at radius 2 is 1.63 bits per heavy atom. The molecule has 1 N–H and O–H groups in total. The number of hydrogen-bond donors (Lipinski definition) is 1. The number of nitrogens with one attached hydrogen (secondary N) is 1. The van der Waals surface area contributed by atoms with Crippen molar-refractivity contribution in [1.82, 2.24) is 29.9 Å². The summed E-state index contributed by atoms with van der Waals surface area (Å²) in [4.78, 5) is 61.3. The fourth-order valence-corrected chi connectivity index (χ4v) is 9.63. The molecule has 2 atom stereocenters. The van der Waals surface area contributed by atoms with Gasteiger partial charge in [0, 0.05) is 33.3 Å². The second-order valence-electron chi connectivity index (χ2n) is 16.2. The molecule has 3 aliphatic heterocycles. The average molecular weight is 873 g/mol. The molecule has 3 aromatic carbocycles. The van der Waals surface area contributed by atoms with Crippen molar-refractivity contribution in [3.63, 3.8) is 0 Å². The van der Waals surface area contributed by atoms with Gasteiger partial charge in [0.25, 0.3) is 11.8 Å². The van der Waals surface area contributed by atoms with E-state index in [-0.39, 0.29) is 30.0 Å². The number of hydrogen-bond acceptors (Lipinski definition) is 8. The summed E-state index contributed by atoms with van der Waals surface area (Å²) in [6.07, 6.45) is 7.51. The van der Waals surface area contributed by atoms with Gasteiger partial charge in [0.1, 0.15) is 22.9 Å². The highest BCUT2D eigenvalue weighted by atomic mass is 35.5. The predicted molar refractivity (Wildman–Crippen MR) is 245 cm³/mol. The zero-order valence-electron chi connectivity index (χ0n) is 36.2. The number of aromatic nitrogens is 3. The van der Waals surface area contributed by atoms with Crippen molar-refractivity contribution in [3.8, 4) is 5.00 Å². The van der Waals surface area contributed by atoms with E-state index in [1.807, 2.05) is 67.6 Å². The van der Waals surface area contributed by atoms with Gasteiger partial charge in [-0.3, -0.25) is 33.6 Å². The maximum Gasteiger partial charge on any atom is 0.262 e. The number of carbonyl (C=O) groups excluding carboxylic acids is 4. The van der Waals surface area contributed by atoms with E-state index in [1.165, 1.54) is 23.3 Å². The number of fused-ring (bicyclic) bond motifs is 4. The van der Waals surface area contributed by atoms with Crippen LogP contribution in [0, 0.1) is 20.8 Å². The molecule has 0 aliphatic carbocycles. The van der Waals surface area contributed by atoms with Gasteiger partial charge >= 0.3 is 0 Å². The van der Waals surface area contributed by atoms with Crippen LogP contribution in [0.3, 0.4) is 0 Å². The number of carbonyl (C=O) groups is 4. The second kappa shape index (κ2) is 19.5. The number of benzene rings is 3. The third-order valence-electron chi connectivity index (χ3n) is 11.7. The highest BCUT2D eigenvalue weighted by Crippen LogP contribution is 2.40. The number of unbranched alkanes of at least 4 members (excludes halogenated alkanes) is 3. The molecule has 1 saturated heterocycles. The van der Waals surface area contributed by atoms with Crippen LogP contribution in [0.2, 0.25) is 5.02 Å². The first-order chi connectivity index (χ1) is 29.9. The number of nitrogens with zero attached hydrogens (tertiary/aromatic N) is 6. The first-order valence-electron chi connectivity index (χ1n) is 21.6. The molecular weight excluding hydrogens is 818 g/mol. The lowest BCUT2D eigenvalue weighted by molar-refractivity contribution is -0.136. The van der Waals surface area contributed by atoms with Gasteiger partial charge in [0.2, 0.25) is 11.8 Å². The van der Waals surface area contributed by atoms with Crippen molar-refractivity contribution in [2.45, 2.75) is 111 Å². The number of allylic oxidation sites excluding steroid dienone is 1. The Kier molecular flexibility index (Phi) is 14.0. The Morgan fingerprint density at radius 3 is 2.35 bits per heavy atom. The number of halogens is 1. The van der Waals surface area contributed by atoms with E-state index in [0.717, 1.165) is 75.1 Å². The first kappa shape index (κ1) is 44.3. The monoisotopic (exact) mass is 871 g/mol. The van der Waals surface area contributed by atoms with E-state index in [1.54, 1.807) is 28.4 Å². The highest BCUT2D eigenvalue weighted by Gasteiger charge is 2.46. The van der Waals surface area contributed by atoms with Gasteiger partial charge in [0.05, 0.1) is 29.8 Å². The molecule has 2 aromatic heterocycles. The van der Waals surface area contributed by atoms with Crippen LogP contribution in [-0.2, 0) is 22.6 Å². The third-order valence-corrected chi connectivity index (χ3v) is 13.2. The Labute approximate surface area is 372 Å². The molecule has 5 aromatic rings. The van der Waals surface area contributed by atoms with Crippen molar-refractivity contribution in [2.75, 3.05) is 6.54 Å². The van der Waals surface area contributed by atoms with Crippen LogP contribution >= 0.6 is 22.9 Å². The topological polar surface area (TPSA) is 130 Å². The van der Waals surface area contributed by atoms with Gasteiger partial charge in [0.15, 0.2) is 5.82 Å². The summed E-state index contributed by atoms with van der Waals surface area (Å²) in [5.74, 6) is 0.506. The minimum atomic E-state index is -0.786. The lowest BCUT2D eigenvalue weighted by atomic mass is 9.99. The summed E-state index contributed by atoms with van der Waals surface area (Å²) < 4.78 is 2.08. The molecule has 1 fully saturated rings. The smallest absolute Gasteiger partial charge is 0.262 e. The second-order valence-corrected chi connectivity index (χ2v) is 17.8. The molecule has 4 amide bonds. The average Bonchev–Trinajstić information content (AvgIpc) is 3.84. The normalized spacial score (nSPS) is 16.9. The first-order valence-corrected chi connectivity index (χ1v) is 22.8. The van der Waals surface area contributed by atoms with Crippen molar-refractivity contribution < 1.29 is 19.2 Å². The largest absolute Gasteiger partial charge is 0.356 e. The number of likely N-dealkylation sites (tertiary alicyclic amines) is 1. The SMILES string of the molecule is C=C1CCC(N2C(=O)c3ccc(CCC)cc3C2=O)C(=O)N1Cc1ccccc1.CCCCCCNC(=O)C[C@@H]1N=C(c2ccc(Cl)cc2)c2c(sc(C)c2C)-n2c(C)nnc21. The van der Waals surface area contributed by atoms with Gasteiger partial charge in [-0.2, -0.15) is 0 Å². The van der Waals surface area contributed by atoms with Crippen molar-refractivity contribution >= 4 is 52.3 Å². The Morgan fingerprint density at radius 1 is 0.887 bits per heavy atom. The molecule has 0 radical (unpaired) electrons. The van der Waals surface area contributed by atoms with Crippen molar-refractivity contribution in [2.24, 2.45) is 4.99 Å². The molecule has 0 saturated carbocycles. The molecule has 62 heavy (non-hydrogen) atoms. The number of imide groups is 1. The van der Waals surface area contributed by atoms with E-state index in [0.29, 0.717) is 47.9 Å². The predicted octanol–water partition coefficient (Wildman–Crippen LogP) is 9.83. The lowest BCUT2D eigenvalue weighted by Crippen LogP contribution is -2.53. The van der Waals surface area contributed by atoms with Crippen LogP contribution in [0.25, 0.3) is 5.00 Å². The molecule has 13 heteroatoms. The van der Waals surface area contributed by atoms with Crippen molar-refractivity contribution in [3.05, 3.63) is 146 Å². The van der Waals surface area contributed by atoms with Gasteiger partial charge in [-0.05, 0) is 87.4 Å². The number of piperidine rings is 1. The highest BCUT2D eigenvalue weighted by molar-refractivity contribution is 7.15. The quantitative estimate of drug-likeness (QED) is 0.0927. The number of aliphatic imine (C=N–C) groups is 1. The number of rotatable bonds is 13. The van der Waals surface area contributed by atoms with Gasteiger partial charge in [-0.15, -0.1) is 21.5 Å². The molecule has 5 heterocycles. The zero-order valence-corrected chi connectivity index (χ0v) is 37.7. The molecule has 322 valence electrons. The van der Waals surface area contributed by atoms with Crippen LogP contribution in [0.15, 0.2) is 90.1 Å². The molecule has 0 bridgehead atoms. The summed E-state index contributed by atoms with van der Waals surface area (Å²) in [6, 6.07) is 21.6. The summed E-state index contributed by atoms with van der Waals surface area (Å²) in [6.45, 7) is 15.6. The van der Waals surface area contributed by atoms with Crippen molar-refractivity contribution in [1.29, 1.82) is 0 Å². The summed E-state index contributed by atoms with van der Waals surface area (Å²) in [5.41, 5.74) is 7.64. The maximum atomic E-state index is 13.3. The maximum absolute atomic E-state index is 13.3. The van der Waals surface area contributed by atoms with E-state index in [2.05, 4.69) is 54.4 Å². The van der Waals surface area contributed by atoms with E-state index >= 15 is 0 Å². The summed E-state index contributed by atoms with van der Waals surface area (Å²) >= 11 is 7.87. The summed E-state index contributed by atoms with van der Waals surface area (Å²) in [5, 5.41) is 13.6. The van der Waals surface area contributed by atoms with Crippen LogP contribution in [0.4, 0.5) is 0 Å². The molecule has 3 aliphatic rings. The molecule has 1 unspecified atom stereocenters. The van der Waals surface area contributed by atoms with E-state index in [9.17, 15) is 19.2 Å². The third kappa shape index (κ3) is 9.22. The molecule has 8 rings (SSSR count). The molecule has 11 nitrogen and oxygen atoms in total. The van der Waals surface area contributed by atoms with Crippen LogP contribution in [0.1, 0.15) is 136 Å². The van der Waals surface area contributed by atoms with Gasteiger partial charge < -0.3 is 10.2 Å². The van der Waals surface area contributed by atoms with Crippen LogP contribution in [-0.4, -0.2) is 66.5 Å². The number of thiophene rings is 1. The molecule has 0 spiro atoms. The number of aryl methyl sites for hydroxylation is 3. The van der Waals surface area contributed by atoms with E-state index < -0.39 is 12.1 Å². The molecular formula is C49H54ClN7O4S. The minimum absolute atomic E-state index is 0.0129. The van der Waals surface area contributed by atoms with Crippen LogP contribution < -0.4 is 5.32 Å². The number of amides is 4. The zero-order chi connectivity index (χ0) is 44.1. The van der Waals surface area contributed by atoms with E-state index in [4.69, 9.17) is 16.6 Å². The Hall–Kier alpha value is -5.72. The Bertz CT molecular complexity index is 2530. The van der Waals surface area contributed by atoms with Gasteiger partial charge in [-0.25, -0.2) is 0 Å². The Balaban J connectivity index is 0.000000188. The standard InChI is InChI=1S/C25H30ClN5OS.C24H24N2O3/c1-5-6-7-8-13-27-21(32)14-20-24-30-29-17(4)31(24)25-22(15(2)16(3)33-25)23(28-20)18-9-11-19(26)12-10-18;1-3-7-17-11-12-19-20(14-17)23(28)26(22(19)27)21-13-10-16(2)25(24(21)29)15-18-8-5-4-6-9-18/h9-12,20H,5-8,13-14H2,1-4H3,(H,27,32);4-6,8-9,11-12,14,21H,2-3,7,10,13,15H2,1H3/t20-;/m0./s1. The lowest BCUT2D eigenvalue weighted by Gasteiger charge is -2.37. The van der Waals surface area contributed by atoms with Gasteiger partial charge in [-0.1, -0.05) is 106 Å². The van der Waals surface area contributed by atoms with Crippen LogP contribution in [0.5, 0.6) is 0 Å². The fraction of sp³-hybridized carbons (Fsp3) is 0.367. The minimum Gasteiger partial charge on any atom is -0.356 e. The fourth-order valence-electron chi connectivity index (χ4n) is 8.29. The summed E-state index contributed by atoms with van der Waals surface area (Å²) in [7, 11) is 0.